The molecule has 1 aliphatic heterocycles. The van der Waals surface area contributed by atoms with Crippen LogP contribution in [0.1, 0.15) is 21.5 Å². The lowest BCUT2D eigenvalue weighted by Crippen LogP contribution is -2.19. The summed E-state index contributed by atoms with van der Waals surface area (Å²) < 4.78 is 15.9. The fraction of sp³-hybridized carbons (Fsp3) is 0.167. The molecule has 158 valence electrons. The van der Waals surface area contributed by atoms with Gasteiger partial charge in [-0.2, -0.15) is 0 Å². The number of para-hydroxylation sites is 1. The molecule has 4 rings (SSSR count). The number of carbonyl (C=O) groups is 2. The maximum absolute atomic E-state index is 12.8. The summed E-state index contributed by atoms with van der Waals surface area (Å²) >= 11 is 0. The van der Waals surface area contributed by atoms with Crippen LogP contribution in [0.5, 0.6) is 17.2 Å². The van der Waals surface area contributed by atoms with Crippen LogP contribution >= 0.6 is 0 Å². The van der Waals surface area contributed by atoms with Gasteiger partial charge in [-0.15, -0.1) is 0 Å². The number of anilines is 2. The second-order valence-corrected chi connectivity index (χ2v) is 7.10. The SMILES string of the molecule is COc1cc(CC(=O)Nc2ccccc2C(=O)Nc2ccc3c(c2)OCO3)ccc1C. The van der Waals surface area contributed by atoms with Crippen molar-refractivity contribution in [3.8, 4) is 17.2 Å². The van der Waals surface area contributed by atoms with Crippen molar-refractivity contribution in [2.45, 2.75) is 13.3 Å². The molecule has 2 amide bonds. The summed E-state index contributed by atoms with van der Waals surface area (Å²) in [6.45, 7) is 2.10. The molecule has 1 aliphatic rings. The number of ether oxygens (including phenoxy) is 3. The van der Waals surface area contributed by atoms with Crippen LogP contribution in [0, 0.1) is 6.92 Å². The fourth-order valence-corrected chi connectivity index (χ4v) is 3.32. The first-order chi connectivity index (χ1) is 15.0. The van der Waals surface area contributed by atoms with Gasteiger partial charge >= 0.3 is 0 Å². The Morgan fingerprint density at radius 1 is 0.968 bits per heavy atom. The van der Waals surface area contributed by atoms with E-state index in [0.29, 0.717) is 28.4 Å². The quantitative estimate of drug-likeness (QED) is 0.628. The Hall–Kier alpha value is -4.00. The summed E-state index contributed by atoms with van der Waals surface area (Å²) in [6, 6.07) is 17.7. The van der Waals surface area contributed by atoms with Crippen LogP contribution < -0.4 is 24.8 Å². The molecule has 0 saturated carbocycles. The molecule has 0 aliphatic carbocycles. The highest BCUT2D eigenvalue weighted by Gasteiger charge is 2.17. The van der Waals surface area contributed by atoms with Gasteiger partial charge in [0.15, 0.2) is 11.5 Å². The van der Waals surface area contributed by atoms with Crippen molar-refractivity contribution in [3.63, 3.8) is 0 Å². The number of amides is 2. The Labute approximate surface area is 179 Å². The predicted molar refractivity (Wildman–Crippen MR) is 117 cm³/mol. The van der Waals surface area contributed by atoms with E-state index in [0.717, 1.165) is 16.9 Å². The highest BCUT2D eigenvalue weighted by Crippen LogP contribution is 2.34. The average molecular weight is 418 g/mol. The van der Waals surface area contributed by atoms with Gasteiger partial charge in [0.1, 0.15) is 5.75 Å². The summed E-state index contributed by atoms with van der Waals surface area (Å²) in [5, 5.41) is 5.66. The summed E-state index contributed by atoms with van der Waals surface area (Å²) in [5.41, 5.74) is 3.18. The zero-order valence-electron chi connectivity index (χ0n) is 17.2. The third-order valence-corrected chi connectivity index (χ3v) is 4.91. The number of rotatable bonds is 6. The number of hydrogen-bond donors (Lipinski definition) is 2. The van der Waals surface area contributed by atoms with E-state index in [2.05, 4.69) is 10.6 Å². The number of nitrogens with one attached hydrogen (secondary N) is 2. The van der Waals surface area contributed by atoms with Crippen molar-refractivity contribution in [2.75, 3.05) is 24.5 Å². The molecule has 7 heteroatoms. The number of benzene rings is 3. The molecule has 0 fully saturated rings. The van der Waals surface area contributed by atoms with Gasteiger partial charge in [0.05, 0.1) is 24.8 Å². The minimum absolute atomic E-state index is 0.161. The third kappa shape index (κ3) is 4.61. The van der Waals surface area contributed by atoms with Crippen LogP contribution in [-0.2, 0) is 11.2 Å². The van der Waals surface area contributed by atoms with Crippen LogP contribution in [0.4, 0.5) is 11.4 Å². The highest BCUT2D eigenvalue weighted by molar-refractivity contribution is 6.10. The molecule has 1 heterocycles. The highest BCUT2D eigenvalue weighted by atomic mass is 16.7. The van der Waals surface area contributed by atoms with Crippen molar-refractivity contribution in [3.05, 3.63) is 77.4 Å². The molecule has 3 aromatic rings. The Morgan fingerprint density at radius 2 is 1.77 bits per heavy atom. The van der Waals surface area contributed by atoms with Crippen LogP contribution in [0.15, 0.2) is 60.7 Å². The monoisotopic (exact) mass is 418 g/mol. The number of carbonyl (C=O) groups excluding carboxylic acids is 2. The van der Waals surface area contributed by atoms with Gasteiger partial charge in [-0.1, -0.05) is 24.3 Å². The Bertz CT molecular complexity index is 1140. The van der Waals surface area contributed by atoms with Gasteiger partial charge in [-0.3, -0.25) is 9.59 Å². The minimum atomic E-state index is -0.341. The maximum Gasteiger partial charge on any atom is 0.257 e. The summed E-state index contributed by atoms with van der Waals surface area (Å²) in [7, 11) is 1.60. The number of fused-ring (bicyclic) bond motifs is 1. The van der Waals surface area contributed by atoms with Gasteiger partial charge in [-0.25, -0.2) is 0 Å². The second-order valence-electron chi connectivity index (χ2n) is 7.10. The molecule has 0 atom stereocenters. The second kappa shape index (κ2) is 8.79. The Kier molecular flexibility index (Phi) is 5.75. The van der Waals surface area contributed by atoms with E-state index < -0.39 is 0 Å². The van der Waals surface area contributed by atoms with Crippen LogP contribution in [0.2, 0.25) is 0 Å². The molecule has 0 radical (unpaired) electrons. The first-order valence-electron chi connectivity index (χ1n) is 9.77. The normalized spacial score (nSPS) is 11.7. The molecule has 31 heavy (non-hydrogen) atoms. The van der Waals surface area contributed by atoms with Gasteiger partial charge in [0.2, 0.25) is 12.7 Å². The molecule has 0 spiro atoms. The van der Waals surface area contributed by atoms with Crippen molar-refractivity contribution in [1.29, 1.82) is 0 Å². The van der Waals surface area contributed by atoms with E-state index in [9.17, 15) is 9.59 Å². The van der Waals surface area contributed by atoms with Gasteiger partial charge in [0.25, 0.3) is 5.91 Å². The smallest absolute Gasteiger partial charge is 0.257 e. The summed E-state index contributed by atoms with van der Waals surface area (Å²) in [5.74, 6) is 1.38. The zero-order valence-corrected chi connectivity index (χ0v) is 17.2. The lowest BCUT2D eigenvalue weighted by atomic mass is 10.1. The third-order valence-electron chi connectivity index (χ3n) is 4.91. The molecule has 7 nitrogen and oxygen atoms in total. The molecular weight excluding hydrogens is 396 g/mol. The van der Waals surface area contributed by atoms with Crippen molar-refractivity contribution >= 4 is 23.2 Å². The van der Waals surface area contributed by atoms with E-state index in [-0.39, 0.29) is 25.0 Å². The molecule has 3 aromatic carbocycles. The molecule has 0 aromatic heterocycles. The first-order valence-corrected chi connectivity index (χ1v) is 9.77. The van der Waals surface area contributed by atoms with Crippen LogP contribution in [0.25, 0.3) is 0 Å². The molecule has 0 bridgehead atoms. The lowest BCUT2D eigenvalue weighted by Gasteiger charge is -2.12. The summed E-state index contributed by atoms with van der Waals surface area (Å²) in [6.07, 6.45) is 0.161. The fourth-order valence-electron chi connectivity index (χ4n) is 3.32. The zero-order chi connectivity index (χ0) is 21.8. The lowest BCUT2D eigenvalue weighted by molar-refractivity contribution is -0.115. The van der Waals surface area contributed by atoms with Crippen LogP contribution in [-0.4, -0.2) is 25.7 Å². The Morgan fingerprint density at radius 3 is 2.61 bits per heavy atom. The number of aryl methyl sites for hydroxylation is 1. The van der Waals surface area contributed by atoms with Crippen molar-refractivity contribution in [2.24, 2.45) is 0 Å². The number of hydrogen-bond acceptors (Lipinski definition) is 5. The van der Waals surface area contributed by atoms with Crippen molar-refractivity contribution < 1.29 is 23.8 Å². The van der Waals surface area contributed by atoms with E-state index in [4.69, 9.17) is 14.2 Å². The van der Waals surface area contributed by atoms with E-state index in [1.54, 1.807) is 49.6 Å². The van der Waals surface area contributed by atoms with Gasteiger partial charge in [0, 0.05) is 11.8 Å². The molecule has 2 N–H and O–H groups in total. The number of methoxy groups -OCH3 is 1. The standard InChI is InChI=1S/C24H22N2O5/c1-15-7-8-16(11-21(15)29-2)12-23(27)26-19-6-4-3-5-18(19)24(28)25-17-9-10-20-22(13-17)31-14-30-20/h3-11,13H,12,14H2,1-2H3,(H,25,28)(H,26,27). The van der Waals surface area contributed by atoms with Gasteiger partial charge < -0.3 is 24.8 Å². The minimum Gasteiger partial charge on any atom is -0.496 e. The summed E-state index contributed by atoms with van der Waals surface area (Å²) in [4.78, 5) is 25.5. The molecule has 0 saturated heterocycles. The average Bonchev–Trinajstić information content (AvgIpc) is 3.23. The van der Waals surface area contributed by atoms with Crippen molar-refractivity contribution in [1.82, 2.24) is 0 Å². The molecular formula is C24H22N2O5. The van der Waals surface area contributed by atoms with E-state index >= 15 is 0 Å². The maximum atomic E-state index is 12.8. The molecule has 0 unspecified atom stereocenters. The predicted octanol–water partition coefficient (Wildman–Crippen LogP) is 4.17. The van der Waals surface area contributed by atoms with Gasteiger partial charge in [-0.05, 0) is 48.4 Å². The Balaban J connectivity index is 1.46. The topological polar surface area (TPSA) is 85.9 Å². The van der Waals surface area contributed by atoms with E-state index in [1.165, 1.54) is 0 Å². The first kappa shape index (κ1) is 20.3. The van der Waals surface area contributed by atoms with Crippen LogP contribution in [0.3, 0.4) is 0 Å². The largest absolute Gasteiger partial charge is 0.496 e. The van der Waals surface area contributed by atoms with E-state index in [1.807, 2.05) is 25.1 Å².